The third kappa shape index (κ3) is 4.74. The van der Waals surface area contributed by atoms with Crippen LogP contribution in [0.3, 0.4) is 0 Å². The number of rotatable bonds is 2. The van der Waals surface area contributed by atoms with Crippen LogP contribution in [0.4, 0.5) is 10.6 Å². The van der Waals surface area contributed by atoms with E-state index in [0.717, 1.165) is 18.7 Å². The van der Waals surface area contributed by atoms with Crippen molar-refractivity contribution in [3.63, 3.8) is 0 Å². The first-order valence-corrected chi connectivity index (χ1v) is 7.72. The highest BCUT2D eigenvalue weighted by atomic mass is 35.5. The van der Waals surface area contributed by atoms with E-state index < -0.39 is 5.60 Å². The van der Waals surface area contributed by atoms with Crippen LogP contribution >= 0.6 is 11.6 Å². The zero-order chi connectivity index (χ0) is 16.3. The van der Waals surface area contributed by atoms with E-state index in [4.69, 9.17) is 22.1 Å². The van der Waals surface area contributed by atoms with Crippen LogP contribution in [0.25, 0.3) is 0 Å². The second kappa shape index (κ2) is 6.71. The molecule has 1 aromatic rings. The molecule has 0 aliphatic carbocycles. The van der Waals surface area contributed by atoms with Crippen molar-refractivity contribution in [1.82, 2.24) is 14.8 Å². The van der Waals surface area contributed by atoms with E-state index in [-0.39, 0.29) is 6.09 Å². The number of halogens is 1. The van der Waals surface area contributed by atoms with E-state index in [1.807, 2.05) is 26.8 Å². The Balaban J connectivity index is 1.87. The van der Waals surface area contributed by atoms with Crippen LogP contribution < -0.4 is 5.73 Å². The van der Waals surface area contributed by atoms with Crippen molar-refractivity contribution < 1.29 is 9.53 Å². The Labute approximate surface area is 136 Å². The molecule has 122 valence electrons. The van der Waals surface area contributed by atoms with Crippen LogP contribution in [-0.2, 0) is 11.3 Å². The summed E-state index contributed by atoms with van der Waals surface area (Å²) in [7, 11) is 0. The van der Waals surface area contributed by atoms with Crippen LogP contribution in [0.2, 0.25) is 5.02 Å². The Bertz CT molecular complexity index is 537. The maximum absolute atomic E-state index is 12.0. The number of hydrogen-bond acceptors (Lipinski definition) is 5. The Morgan fingerprint density at radius 3 is 2.59 bits per heavy atom. The third-order valence-corrected chi connectivity index (χ3v) is 3.59. The molecule has 1 amide bonds. The predicted octanol–water partition coefficient (Wildman–Crippen LogP) is 2.37. The van der Waals surface area contributed by atoms with Crippen LogP contribution in [0.5, 0.6) is 0 Å². The van der Waals surface area contributed by atoms with Gasteiger partial charge in [0.2, 0.25) is 0 Å². The molecule has 0 unspecified atom stereocenters. The molecule has 6 nitrogen and oxygen atoms in total. The average Bonchev–Trinajstić information content (AvgIpc) is 2.42. The van der Waals surface area contributed by atoms with Crippen molar-refractivity contribution in [3.05, 3.63) is 22.8 Å². The van der Waals surface area contributed by atoms with Crippen molar-refractivity contribution in [3.8, 4) is 0 Å². The van der Waals surface area contributed by atoms with Gasteiger partial charge in [0.1, 0.15) is 11.4 Å². The molecule has 0 aromatic carbocycles. The van der Waals surface area contributed by atoms with Gasteiger partial charge in [0.25, 0.3) is 0 Å². The SMILES string of the molecule is CC(C)(C)OC(=O)N1CCN(Cc2cc(Cl)cnc2N)CC1. The molecule has 1 aromatic heterocycles. The van der Waals surface area contributed by atoms with Gasteiger partial charge < -0.3 is 15.4 Å². The molecule has 7 heteroatoms. The smallest absolute Gasteiger partial charge is 0.410 e. The number of amides is 1. The highest BCUT2D eigenvalue weighted by Crippen LogP contribution is 2.18. The number of carbonyl (C=O) groups excluding carboxylic acids is 1. The highest BCUT2D eigenvalue weighted by molar-refractivity contribution is 6.30. The van der Waals surface area contributed by atoms with Gasteiger partial charge in [0.05, 0.1) is 5.02 Å². The maximum atomic E-state index is 12.0. The van der Waals surface area contributed by atoms with Gasteiger partial charge in [-0.1, -0.05) is 11.6 Å². The normalized spacial score (nSPS) is 16.6. The number of hydrogen-bond donors (Lipinski definition) is 1. The van der Waals surface area contributed by atoms with E-state index in [1.54, 1.807) is 11.1 Å². The van der Waals surface area contributed by atoms with Gasteiger partial charge >= 0.3 is 6.09 Å². The fraction of sp³-hybridized carbons (Fsp3) is 0.600. The number of ether oxygens (including phenoxy) is 1. The minimum Gasteiger partial charge on any atom is -0.444 e. The van der Waals surface area contributed by atoms with Gasteiger partial charge in [-0.25, -0.2) is 9.78 Å². The summed E-state index contributed by atoms with van der Waals surface area (Å²) >= 11 is 5.95. The molecule has 1 aliphatic rings. The molecule has 0 spiro atoms. The monoisotopic (exact) mass is 326 g/mol. The maximum Gasteiger partial charge on any atom is 0.410 e. The topological polar surface area (TPSA) is 71.7 Å². The third-order valence-electron chi connectivity index (χ3n) is 3.39. The van der Waals surface area contributed by atoms with Crippen molar-refractivity contribution in [2.45, 2.75) is 32.9 Å². The standard InChI is InChI=1S/C15H23ClN4O2/c1-15(2,3)22-14(21)20-6-4-19(5-7-20)10-11-8-12(16)9-18-13(11)17/h8-9H,4-7,10H2,1-3H3,(H2,17,18). The summed E-state index contributed by atoms with van der Waals surface area (Å²) in [6.07, 6.45) is 1.29. The van der Waals surface area contributed by atoms with Gasteiger partial charge in [0, 0.05) is 44.5 Å². The van der Waals surface area contributed by atoms with E-state index in [9.17, 15) is 4.79 Å². The number of aromatic nitrogens is 1. The van der Waals surface area contributed by atoms with Crippen LogP contribution in [-0.4, -0.2) is 52.7 Å². The molecule has 0 saturated carbocycles. The van der Waals surface area contributed by atoms with Gasteiger partial charge in [-0.3, -0.25) is 4.90 Å². The van der Waals surface area contributed by atoms with Crippen LogP contribution in [0.1, 0.15) is 26.3 Å². The Hall–Kier alpha value is -1.53. The lowest BCUT2D eigenvalue weighted by molar-refractivity contribution is 0.0139. The first-order valence-electron chi connectivity index (χ1n) is 7.35. The van der Waals surface area contributed by atoms with E-state index in [1.165, 1.54) is 0 Å². The summed E-state index contributed by atoms with van der Waals surface area (Å²) in [4.78, 5) is 20.0. The summed E-state index contributed by atoms with van der Waals surface area (Å²) in [5, 5.41) is 0.580. The zero-order valence-electron chi connectivity index (χ0n) is 13.3. The lowest BCUT2D eigenvalue weighted by Gasteiger charge is -2.35. The lowest BCUT2D eigenvalue weighted by Crippen LogP contribution is -2.49. The second-order valence-corrected chi connectivity index (χ2v) is 6.88. The quantitative estimate of drug-likeness (QED) is 0.903. The molecule has 2 N–H and O–H groups in total. The van der Waals surface area contributed by atoms with E-state index >= 15 is 0 Å². The number of carbonyl (C=O) groups is 1. The van der Waals surface area contributed by atoms with Crippen molar-refractivity contribution in [2.75, 3.05) is 31.9 Å². The molecule has 0 atom stereocenters. The predicted molar refractivity (Wildman–Crippen MR) is 86.7 cm³/mol. The molecular weight excluding hydrogens is 304 g/mol. The molecule has 1 aliphatic heterocycles. The molecule has 2 heterocycles. The molecule has 0 bridgehead atoms. The zero-order valence-corrected chi connectivity index (χ0v) is 14.1. The second-order valence-electron chi connectivity index (χ2n) is 6.44. The fourth-order valence-corrected chi connectivity index (χ4v) is 2.45. The Morgan fingerprint density at radius 2 is 2.00 bits per heavy atom. The largest absolute Gasteiger partial charge is 0.444 e. The van der Waals surface area contributed by atoms with Gasteiger partial charge in [0.15, 0.2) is 0 Å². The fourth-order valence-electron chi connectivity index (χ4n) is 2.27. The number of piperazine rings is 1. The van der Waals surface area contributed by atoms with Crippen molar-refractivity contribution in [1.29, 1.82) is 0 Å². The first kappa shape index (κ1) is 16.8. The lowest BCUT2D eigenvalue weighted by atomic mass is 10.2. The first-order chi connectivity index (χ1) is 10.2. The summed E-state index contributed by atoms with van der Waals surface area (Å²) in [6, 6.07) is 1.84. The number of anilines is 1. The molecular formula is C15H23ClN4O2. The Morgan fingerprint density at radius 1 is 1.36 bits per heavy atom. The minimum absolute atomic E-state index is 0.254. The number of nitrogens with zero attached hydrogens (tertiary/aromatic N) is 3. The summed E-state index contributed by atoms with van der Waals surface area (Å²) < 4.78 is 5.39. The highest BCUT2D eigenvalue weighted by Gasteiger charge is 2.26. The molecule has 2 rings (SSSR count). The molecule has 22 heavy (non-hydrogen) atoms. The molecule has 0 radical (unpaired) electrons. The average molecular weight is 327 g/mol. The van der Waals surface area contributed by atoms with E-state index in [2.05, 4.69) is 9.88 Å². The van der Waals surface area contributed by atoms with Crippen LogP contribution in [0, 0.1) is 0 Å². The number of pyridine rings is 1. The van der Waals surface area contributed by atoms with E-state index in [0.29, 0.717) is 30.5 Å². The number of nitrogen functional groups attached to an aromatic ring is 1. The minimum atomic E-state index is -0.463. The summed E-state index contributed by atoms with van der Waals surface area (Å²) in [6.45, 7) is 9.12. The molecule has 1 saturated heterocycles. The van der Waals surface area contributed by atoms with Crippen molar-refractivity contribution >= 4 is 23.5 Å². The number of nitrogens with two attached hydrogens (primary N) is 1. The van der Waals surface area contributed by atoms with Gasteiger partial charge in [-0.2, -0.15) is 0 Å². The van der Waals surface area contributed by atoms with Gasteiger partial charge in [-0.05, 0) is 26.8 Å². The molecule has 1 fully saturated rings. The Kier molecular flexibility index (Phi) is 5.13. The van der Waals surface area contributed by atoms with Crippen LogP contribution in [0.15, 0.2) is 12.3 Å². The summed E-state index contributed by atoms with van der Waals surface area (Å²) in [5.41, 5.74) is 6.32. The summed E-state index contributed by atoms with van der Waals surface area (Å²) in [5.74, 6) is 0.499. The van der Waals surface area contributed by atoms with Gasteiger partial charge in [-0.15, -0.1) is 0 Å². The van der Waals surface area contributed by atoms with Crippen molar-refractivity contribution in [2.24, 2.45) is 0 Å².